The Morgan fingerprint density at radius 1 is 0.786 bits per heavy atom. The number of phenols is 1. The van der Waals surface area contributed by atoms with Crippen molar-refractivity contribution in [1.29, 1.82) is 0 Å². The van der Waals surface area contributed by atoms with Gasteiger partial charge in [-0.15, -0.1) is 11.3 Å². The summed E-state index contributed by atoms with van der Waals surface area (Å²) in [5, 5.41) is 14.6. The summed E-state index contributed by atoms with van der Waals surface area (Å²) in [6.07, 6.45) is 0. The van der Waals surface area contributed by atoms with Crippen LogP contribution in [0.3, 0.4) is 0 Å². The molecular formula is C23H13BN2OS. The molecule has 0 fully saturated rings. The molecule has 6 rings (SSSR count). The number of benzene rings is 3. The van der Waals surface area contributed by atoms with Crippen molar-refractivity contribution in [3.63, 3.8) is 0 Å². The van der Waals surface area contributed by atoms with E-state index in [-0.39, 0.29) is 5.75 Å². The first-order chi connectivity index (χ1) is 13.7. The summed E-state index contributed by atoms with van der Waals surface area (Å²) in [6, 6.07) is 23.9. The number of rotatable bonds is 1. The summed E-state index contributed by atoms with van der Waals surface area (Å²) in [6.45, 7) is 0. The maximum Gasteiger partial charge on any atom is 0.139 e. The van der Waals surface area contributed by atoms with Crippen LogP contribution >= 0.6 is 11.3 Å². The van der Waals surface area contributed by atoms with Crippen LogP contribution in [0.1, 0.15) is 0 Å². The maximum atomic E-state index is 10.1. The molecule has 2 radical (unpaired) electrons. The molecule has 28 heavy (non-hydrogen) atoms. The third-order valence-electron chi connectivity index (χ3n) is 5.23. The number of aromatic nitrogens is 2. The van der Waals surface area contributed by atoms with E-state index in [4.69, 9.17) is 12.8 Å². The summed E-state index contributed by atoms with van der Waals surface area (Å²) in [7, 11) is 6.04. The Labute approximate surface area is 165 Å². The van der Waals surface area contributed by atoms with Crippen molar-refractivity contribution in [1.82, 2.24) is 9.55 Å². The molecule has 1 N–H and O–H groups in total. The topological polar surface area (TPSA) is 38.0 Å². The minimum Gasteiger partial charge on any atom is -0.508 e. The van der Waals surface area contributed by atoms with Gasteiger partial charge in [-0.2, -0.15) is 0 Å². The second-order valence-corrected chi connectivity index (χ2v) is 7.96. The van der Waals surface area contributed by atoms with E-state index < -0.39 is 0 Å². The Bertz CT molecular complexity index is 1550. The van der Waals surface area contributed by atoms with Gasteiger partial charge in [0.1, 0.15) is 24.2 Å². The van der Waals surface area contributed by atoms with Crippen molar-refractivity contribution in [2.24, 2.45) is 0 Å². The summed E-state index contributed by atoms with van der Waals surface area (Å²) in [4.78, 5) is 5.98. The highest BCUT2D eigenvalue weighted by Crippen LogP contribution is 2.36. The molecule has 3 aromatic heterocycles. The van der Waals surface area contributed by atoms with Gasteiger partial charge in [-0.05, 0) is 36.4 Å². The lowest BCUT2D eigenvalue weighted by molar-refractivity contribution is 0.476. The van der Waals surface area contributed by atoms with E-state index in [1.54, 1.807) is 23.5 Å². The van der Waals surface area contributed by atoms with E-state index in [1.807, 2.05) is 30.3 Å². The van der Waals surface area contributed by atoms with Crippen LogP contribution in [-0.4, -0.2) is 22.5 Å². The number of hydrogen-bond donors (Lipinski definition) is 1. The number of thiophene rings is 1. The average Bonchev–Trinajstić information content (AvgIpc) is 3.22. The van der Waals surface area contributed by atoms with Crippen LogP contribution in [0.25, 0.3) is 47.9 Å². The molecule has 3 nitrogen and oxygen atoms in total. The summed E-state index contributed by atoms with van der Waals surface area (Å²) in [5.74, 6) is 1.06. The Balaban J connectivity index is 1.73. The third kappa shape index (κ3) is 2.14. The number of phenolic OH excluding ortho intramolecular Hbond substituents is 1. The lowest BCUT2D eigenvalue weighted by atomic mass is 9.94. The van der Waals surface area contributed by atoms with E-state index in [1.165, 1.54) is 10.1 Å². The van der Waals surface area contributed by atoms with Gasteiger partial charge in [-0.1, -0.05) is 35.8 Å². The first kappa shape index (κ1) is 15.7. The molecule has 0 saturated carbocycles. The van der Waals surface area contributed by atoms with Crippen molar-refractivity contribution < 1.29 is 5.11 Å². The molecule has 6 aromatic rings. The van der Waals surface area contributed by atoms with Crippen molar-refractivity contribution in [3.05, 3.63) is 72.8 Å². The Hall–Kier alpha value is -3.31. The Morgan fingerprint density at radius 2 is 1.64 bits per heavy atom. The second-order valence-electron chi connectivity index (χ2n) is 6.93. The molecule has 3 aromatic carbocycles. The number of fused-ring (bicyclic) bond motifs is 6. The molecule has 0 saturated heterocycles. The molecule has 0 aliphatic rings. The van der Waals surface area contributed by atoms with Crippen LogP contribution in [0.4, 0.5) is 0 Å². The minimum atomic E-state index is 0.229. The molecule has 0 aliphatic heterocycles. The molecule has 3 heterocycles. The normalized spacial score (nSPS) is 11.9. The second kappa shape index (κ2) is 5.60. The van der Waals surface area contributed by atoms with Crippen molar-refractivity contribution in [3.8, 4) is 11.6 Å². The highest BCUT2D eigenvalue weighted by molar-refractivity contribution is 7.25. The van der Waals surface area contributed by atoms with Gasteiger partial charge in [-0.3, -0.25) is 4.57 Å². The first-order valence-electron chi connectivity index (χ1n) is 9.00. The number of pyridine rings is 1. The van der Waals surface area contributed by atoms with Crippen molar-refractivity contribution in [2.75, 3.05) is 0 Å². The molecule has 0 bridgehead atoms. The van der Waals surface area contributed by atoms with Crippen LogP contribution in [-0.2, 0) is 0 Å². The van der Waals surface area contributed by atoms with Crippen LogP contribution in [0.5, 0.6) is 5.75 Å². The minimum absolute atomic E-state index is 0.229. The van der Waals surface area contributed by atoms with E-state index in [9.17, 15) is 5.11 Å². The fourth-order valence-electron chi connectivity index (χ4n) is 3.99. The van der Waals surface area contributed by atoms with Crippen molar-refractivity contribution >= 4 is 66.8 Å². The van der Waals surface area contributed by atoms with Gasteiger partial charge >= 0.3 is 0 Å². The van der Waals surface area contributed by atoms with Gasteiger partial charge in [0.05, 0.1) is 11.0 Å². The summed E-state index contributed by atoms with van der Waals surface area (Å²) in [5.41, 5.74) is 2.64. The molecular weight excluding hydrogens is 363 g/mol. The standard InChI is InChI=1S/C23H13BN2OS/c24-13-5-9-19-18(11-13)15-7-6-14(27)12-20(15)26(19)22-10-8-17-16-3-1-2-4-21(16)28-23(17)25-22/h1-12,27H. The SMILES string of the molecule is [B]c1ccc2c(c1)c1ccc(O)cc1n2-c1ccc2c(n1)sc1ccccc12. The highest BCUT2D eigenvalue weighted by atomic mass is 32.1. The van der Waals surface area contributed by atoms with Gasteiger partial charge in [-0.25, -0.2) is 4.98 Å². The predicted octanol–water partition coefficient (Wildman–Crippen LogP) is 5.05. The molecule has 0 aliphatic carbocycles. The van der Waals surface area contributed by atoms with E-state index in [0.717, 1.165) is 37.8 Å². The lowest BCUT2D eigenvalue weighted by Crippen LogP contribution is -2.01. The van der Waals surface area contributed by atoms with Gasteiger partial charge in [0.2, 0.25) is 0 Å². The predicted molar refractivity (Wildman–Crippen MR) is 119 cm³/mol. The van der Waals surface area contributed by atoms with E-state index in [0.29, 0.717) is 5.46 Å². The maximum absolute atomic E-state index is 10.1. The average molecular weight is 376 g/mol. The molecule has 130 valence electrons. The molecule has 0 atom stereocenters. The van der Waals surface area contributed by atoms with Crippen LogP contribution in [0.15, 0.2) is 72.8 Å². The summed E-state index contributed by atoms with van der Waals surface area (Å²) >= 11 is 1.70. The first-order valence-corrected chi connectivity index (χ1v) is 9.82. The van der Waals surface area contributed by atoms with Crippen LogP contribution < -0.4 is 5.46 Å². The third-order valence-corrected chi connectivity index (χ3v) is 6.31. The zero-order chi connectivity index (χ0) is 18.8. The quantitative estimate of drug-likeness (QED) is 0.408. The summed E-state index contributed by atoms with van der Waals surface area (Å²) < 4.78 is 3.32. The van der Waals surface area contributed by atoms with Gasteiger partial charge in [0.15, 0.2) is 0 Å². The molecule has 0 amide bonds. The monoisotopic (exact) mass is 376 g/mol. The zero-order valence-corrected chi connectivity index (χ0v) is 15.6. The van der Waals surface area contributed by atoms with E-state index in [2.05, 4.69) is 34.9 Å². The fourth-order valence-corrected chi connectivity index (χ4v) is 5.06. The smallest absolute Gasteiger partial charge is 0.139 e. The van der Waals surface area contributed by atoms with Crippen LogP contribution in [0, 0.1) is 0 Å². The van der Waals surface area contributed by atoms with Crippen LogP contribution in [0.2, 0.25) is 0 Å². The number of aromatic hydroxyl groups is 1. The van der Waals surface area contributed by atoms with Gasteiger partial charge in [0.25, 0.3) is 0 Å². The molecule has 0 unspecified atom stereocenters. The molecule has 0 spiro atoms. The number of nitrogens with zero attached hydrogens (tertiary/aromatic N) is 2. The highest BCUT2D eigenvalue weighted by Gasteiger charge is 2.15. The molecule has 5 heteroatoms. The fraction of sp³-hybridized carbons (Fsp3) is 0. The number of hydrogen-bond acceptors (Lipinski definition) is 3. The Morgan fingerprint density at radius 3 is 2.57 bits per heavy atom. The lowest BCUT2D eigenvalue weighted by Gasteiger charge is -2.07. The van der Waals surface area contributed by atoms with Gasteiger partial charge < -0.3 is 5.11 Å². The van der Waals surface area contributed by atoms with Crippen molar-refractivity contribution in [2.45, 2.75) is 0 Å². The zero-order valence-electron chi connectivity index (χ0n) is 14.8. The van der Waals surface area contributed by atoms with E-state index >= 15 is 0 Å². The largest absolute Gasteiger partial charge is 0.508 e. The Kier molecular flexibility index (Phi) is 3.14. The van der Waals surface area contributed by atoms with Gasteiger partial charge in [0, 0.05) is 32.3 Å².